The molecule has 2 aliphatic heterocycles. The Balaban J connectivity index is 1.84. The summed E-state index contributed by atoms with van der Waals surface area (Å²) in [4.78, 5) is 13.9. The largest absolute Gasteiger partial charge is 0.392 e. The predicted molar refractivity (Wildman–Crippen MR) is 80.6 cm³/mol. The van der Waals surface area contributed by atoms with Gasteiger partial charge in [-0.1, -0.05) is 30.3 Å². The third-order valence-corrected chi connectivity index (χ3v) is 5.19. The SMILES string of the molecule is O=C1C[C@@H](C(F)(F)F)C2(CCNCC2)CN1Cc1ccccc1. The van der Waals surface area contributed by atoms with Crippen molar-refractivity contribution in [3.63, 3.8) is 0 Å². The molecule has 0 aromatic heterocycles. The number of alkyl halides is 3. The molecule has 1 atom stereocenters. The van der Waals surface area contributed by atoms with E-state index in [9.17, 15) is 18.0 Å². The van der Waals surface area contributed by atoms with Crippen LogP contribution in [0.3, 0.4) is 0 Å². The lowest BCUT2D eigenvalue weighted by Gasteiger charge is -2.50. The average Bonchev–Trinajstić information content (AvgIpc) is 2.51. The number of nitrogens with zero attached hydrogens (tertiary/aromatic N) is 1. The first-order valence-electron chi connectivity index (χ1n) is 8.00. The molecule has 0 radical (unpaired) electrons. The summed E-state index contributed by atoms with van der Waals surface area (Å²) < 4.78 is 40.5. The Bertz CT molecular complexity index is 553. The Kier molecular flexibility index (Phi) is 4.36. The predicted octanol–water partition coefficient (Wildman–Crippen LogP) is 2.97. The van der Waals surface area contributed by atoms with Crippen LogP contribution < -0.4 is 5.32 Å². The van der Waals surface area contributed by atoms with E-state index in [1.54, 1.807) is 4.90 Å². The Morgan fingerprint density at radius 1 is 1.17 bits per heavy atom. The molecule has 2 heterocycles. The van der Waals surface area contributed by atoms with E-state index < -0.39 is 23.9 Å². The molecule has 1 amide bonds. The van der Waals surface area contributed by atoms with Gasteiger partial charge in [-0.05, 0) is 31.5 Å². The van der Waals surface area contributed by atoms with Gasteiger partial charge in [-0.25, -0.2) is 0 Å². The number of carbonyl (C=O) groups is 1. The first-order chi connectivity index (χ1) is 10.9. The maximum atomic E-state index is 13.5. The van der Waals surface area contributed by atoms with E-state index in [1.807, 2.05) is 30.3 Å². The van der Waals surface area contributed by atoms with Crippen molar-refractivity contribution in [2.24, 2.45) is 11.3 Å². The van der Waals surface area contributed by atoms with E-state index in [1.165, 1.54) is 0 Å². The average molecular weight is 326 g/mol. The lowest BCUT2D eigenvalue weighted by Crippen LogP contribution is -2.58. The van der Waals surface area contributed by atoms with Crippen molar-refractivity contribution in [2.75, 3.05) is 19.6 Å². The highest BCUT2D eigenvalue weighted by Gasteiger charge is 2.57. The van der Waals surface area contributed by atoms with Crippen molar-refractivity contribution in [1.82, 2.24) is 10.2 Å². The van der Waals surface area contributed by atoms with E-state index in [0.29, 0.717) is 32.5 Å². The van der Waals surface area contributed by atoms with Crippen molar-refractivity contribution >= 4 is 5.91 Å². The number of carbonyl (C=O) groups excluding carboxylic acids is 1. The molecule has 23 heavy (non-hydrogen) atoms. The van der Waals surface area contributed by atoms with Crippen LogP contribution in [0.2, 0.25) is 0 Å². The summed E-state index contributed by atoms with van der Waals surface area (Å²) >= 11 is 0. The second kappa shape index (κ2) is 6.15. The molecular formula is C17H21F3N2O. The number of rotatable bonds is 2. The second-order valence-corrected chi connectivity index (χ2v) is 6.65. The lowest BCUT2D eigenvalue weighted by atomic mass is 9.65. The van der Waals surface area contributed by atoms with Crippen molar-refractivity contribution < 1.29 is 18.0 Å². The van der Waals surface area contributed by atoms with Crippen LogP contribution in [0.25, 0.3) is 0 Å². The summed E-state index contributed by atoms with van der Waals surface area (Å²) in [5, 5.41) is 3.13. The molecule has 0 bridgehead atoms. The monoisotopic (exact) mass is 326 g/mol. The van der Waals surface area contributed by atoms with Crippen LogP contribution in [-0.4, -0.2) is 36.6 Å². The zero-order valence-corrected chi connectivity index (χ0v) is 12.9. The molecule has 6 heteroatoms. The molecule has 1 aromatic rings. The summed E-state index contributed by atoms with van der Waals surface area (Å²) in [6.45, 7) is 1.76. The summed E-state index contributed by atoms with van der Waals surface area (Å²) in [5.74, 6) is -1.91. The molecule has 3 nitrogen and oxygen atoms in total. The minimum Gasteiger partial charge on any atom is -0.338 e. The number of halogens is 3. The number of likely N-dealkylation sites (tertiary alicyclic amines) is 1. The highest BCUT2D eigenvalue weighted by molar-refractivity contribution is 5.77. The van der Waals surface area contributed by atoms with Crippen LogP contribution in [0.1, 0.15) is 24.8 Å². The minimum atomic E-state index is -4.31. The molecule has 2 aliphatic rings. The summed E-state index contributed by atoms with van der Waals surface area (Å²) in [7, 11) is 0. The lowest BCUT2D eigenvalue weighted by molar-refractivity contribution is -0.228. The summed E-state index contributed by atoms with van der Waals surface area (Å²) in [6, 6.07) is 9.44. The molecule has 1 N–H and O–H groups in total. The fraction of sp³-hybridized carbons (Fsp3) is 0.588. The maximum Gasteiger partial charge on any atom is 0.392 e. The van der Waals surface area contributed by atoms with Crippen molar-refractivity contribution in [3.05, 3.63) is 35.9 Å². The van der Waals surface area contributed by atoms with Crippen LogP contribution in [0.4, 0.5) is 13.2 Å². The normalized spacial score (nSPS) is 24.9. The Morgan fingerprint density at radius 3 is 2.43 bits per heavy atom. The van der Waals surface area contributed by atoms with E-state index >= 15 is 0 Å². The first-order valence-corrected chi connectivity index (χ1v) is 8.00. The van der Waals surface area contributed by atoms with Crippen LogP contribution in [0.5, 0.6) is 0 Å². The Hall–Kier alpha value is -1.56. The Labute approximate surface area is 133 Å². The zero-order valence-electron chi connectivity index (χ0n) is 12.9. The molecule has 0 saturated carbocycles. The molecular weight excluding hydrogens is 305 g/mol. The molecule has 126 valence electrons. The van der Waals surface area contributed by atoms with Gasteiger partial charge in [0.25, 0.3) is 0 Å². The smallest absolute Gasteiger partial charge is 0.338 e. The number of benzene rings is 1. The van der Waals surface area contributed by atoms with Gasteiger partial charge in [0, 0.05) is 24.9 Å². The summed E-state index contributed by atoms with van der Waals surface area (Å²) in [5.41, 5.74) is 0.113. The van der Waals surface area contributed by atoms with Gasteiger partial charge < -0.3 is 10.2 Å². The van der Waals surface area contributed by atoms with Gasteiger partial charge in [0.1, 0.15) is 0 Å². The van der Waals surface area contributed by atoms with Crippen molar-refractivity contribution in [1.29, 1.82) is 0 Å². The molecule has 2 fully saturated rings. The molecule has 3 rings (SSSR count). The number of hydrogen-bond donors (Lipinski definition) is 1. The highest BCUT2D eigenvalue weighted by Crippen LogP contribution is 2.50. The van der Waals surface area contributed by atoms with Gasteiger partial charge in [0.2, 0.25) is 5.91 Å². The van der Waals surface area contributed by atoms with Crippen LogP contribution in [-0.2, 0) is 11.3 Å². The standard InChI is InChI=1S/C17H21F3N2O/c18-17(19,20)14-10-15(23)22(11-13-4-2-1-3-5-13)12-16(14)6-8-21-9-7-16/h1-5,14,21H,6-12H2/t14-/m1/s1. The second-order valence-electron chi connectivity index (χ2n) is 6.65. The quantitative estimate of drug-likeness (QED) is 0.906. The van der Waals surface area contributed by atoms with Crippen molar-refractivity contribution in [3.8, 4) is 0 Å². The first kappa shape index (κ1) is 16.3. The Morgan fingerprint density at radius 2 is 1.83 bits per heavy atom. The van der Waals surface area contributed by atoms with Crippen LogP contribution in [0, 0.1) is 11.3 Å². The highest BCUT2D eigenvalue weighted by atomic mass is 19.4. The third-order valence-electron chi connectivity index (χ3n) is 5.19. The van der Waals surface area contributed by atoms with Gasteiger partial charge in [0.15, 0.2) is 0 Å². The van der Waals surface area contributed by atoms with E-state index in [4.69, 9.17) is 0 Å². The molecule has 1 aromatic carbocycles. The van der Waals surface area contributed by atoms with E-state index in [-0.39, 0.29) is 12.5 Å². The number of nitrogens with one attached hydrogen (secondary N) is 1. The van der Waals surface area contributed by atoms with Crippen LogP contribution in [0.15, 0.2) is 30.3 Å². The zero-order chi connectivity index (χ0) is 16.5. The number of piperidine rings is 2. The van der Waals surface area contributed by atoms with E-state index in [0.717, 1.165) is 5.56 Å². The van der Waals surface area contributed by atoms with Gasteiger partial charge in [-0.15, -0.1) is 0 Å². The van der Waals surface area contributed by atoms with Crippen LogP contribution >= 0.6 is 0 Å². The topological polar surface area (TPSA) is 32.3 Å². The van der Waals surface area contributed by atoms with Gasteiger partial charge in [-0.2, -0.15) is 13.2 Å². The van der Waals surface area contributed by atoms with Gasteiger partial charge >= 0.3 is 6.18 Å². The molecule has 2 saturated heterocycles. The fourth-order valence-corrected chi connectivity index (χ4v) is 3.94. The fourth-order valence-electron chi connectivity index (χ4n) is 3.94. The molecule has 0 unspecified atom stereocenters. The molecule has 1 spiro atoms. The number of hydrogen-bond acceptors (Lipinski definition) is 2. The molecule has 0 aliphatic carbocycles. The third kappa shape index (κ3) is 3.37. The van der Waals surface area contributed by atoms with Gasteiger partial charge in [0.05, 0.1) is 5.92 Å². The minimum absolute atomic E-state index is 0.201. The van der Waals surface area contributed by atoms with Gasteiger partial charge in [-0.3, -0.25) is 4.79 Å². The number of amides is 1. The summed E-state index contributed by atoms with van der Waals surface area (Å²) in [6.07, 6.45) is -3.80. The maximum absolute atomic E-state index is 13.5. The van der Waals surface area contributed by atoms with Crippen molar-refractivity contribution in [2.45, 2.75) is 32.0 Å². The van der Waals surface area contributed by atoms with E-state index in [2.05, 4.69) is 5.32 Å².